The number of pyridine rings is 1. The van der Waals surface area contributed by atoms with Crippen LogP contribution in [0.3, 0.4) is 0 Å². The van der Waals surface area contributed by atoms with E-state index in [1.165, 1.54) is 6.20 Å². The predicted octanol–water partition coefficient (Wildman–Crippen LogP) is 4.42. The Labute approximate surface area is 124 Å². The minimum atomic E-state index is -0.176. The second-order valence-corrected chi connectivity index (χ2v) is 5.40. The van der Waals surface area contributed by atoms with E-state index in [-0.39, 0.29) is 5.91 Å². The average Bonchev–Trinajstić information content (AvgIpc) is 2.41. The van der Waals surface area contributed by atoms with Crippen LogP contribution in [0.25, 0.3) is 0 Å². The maximum Gasteiger partial charge on any atom is 0.257 e. The normalized spacial score (nSPS) is 10.7. The lowest BCUT2D eigenvalue weighted by atomic mass is 9.98. The highest BCUT2D eigenvalue weighted by molar-refractivity contribution is 6.29. The van der Waals surface area contributed by atoms with Gasteiger partial charge in [-0.2, -0.15) is 0 Å². The summed E-state index contributed by atoms with van der Waals surface area (Å²) >= 11 is 5.73. The zero-order chi connectivity index (χ0) is 14.7. The molecule has 2 aromatic rings. The van der Waals surface area contributed by atoms with E-state index < -0.39 is 0 Å². The summed E-state index contributed by atoms with van der Waals surface area (Å²) in [5.74, 6) is 0.166. The predicted molar refractivity (Wildman–Crippen MR) is 82.5 cm³/mol. The smallest absolute Gasteiger partial charge is 0.257 e. The van der Waals surface area contributed by atoms with Gasteiger partial charge in [0.1, 0.15) is 5.15 Å². The molecule has 0 aliphatic carbocycles. The highest BCUT2D eigenvalue weighted by atomic mass is 35.5. The lowest BCUT2D eigenvalue weighted by Crippen LogP contribution is -2.15. The summed E-state index contributed by atoms with van der Waals surface area (Å²) < 4.78 is 0. The second-order valence-electron chi connectivity index (χ2n) is 5.02. The number of rotatable bonds is 3. The van der Waals surface area contributed by atoms with Gasteiger partial charge < -0.3 is 5.32 Å². The van der Waals surface area contributed by atoms with Gasteiger partial charge in [0.15, 0.2) is 0 Å². The summed E-state index contributed by atoms with van der Waals surface area (Å²) in [6.45, 7) is 6.20. The minimum absolute atomic E-state index is 0.176. The Morgan fingerprint density at radius 3 is 2.60 bits per heavy atom. The molecule has 0 saturated carbocycles. The van der Waals surface area contributed by atoms with E-state index in [1.54, 1.807) is 12.1 Å². The third-order valence-corrected chi connectivity index (χ3v) is 3.38. The molecule has 0 bridgehead atoms. The summed E-state index contributed by atoms with van der Waals surface area (Å²) in [4.78, 5) is 16.2. The van der Waals surface area contributed by atoms with Crippen molar-refractivity contribution >= 4 is 23.2 Å². The van der Waals surface area contributed by atoms with Gasteiger partial charge in [-0.15, -0.1) is 0 Å². The average molecular weight is 289 g/mol. The molecule has 2 rings (SSSR count). The first-order valence-electron chi connectivity index (χ1n) is 6.51. The van der Waals surface area contributed by atoms with Crippen molar-refractivity contribution in [2.45, 2.75) is 26.7 Å². The molecule has 0 fully saturated rings. The third kappa shape index (κ3) is 3.17. The van der Waals surface area contributed by atoms with Gasteiger partial charge in [0.2, 0.25) is 0 Å². The summed E-state index contributed by atoms with van der Waals surface area (Å²) in [6.07, 6.45) is 1.48. The molecule has 104 valence electrons. The third-order valence-electron chi connectivity index (χ3n) is 3.16. The van der Waals surface area contributed by atoms with Crippen molar-refractivity contribution < 1.29 is 4.79 Å². The Bertz CT molecular complexity index is 621. The first kappa shape index (κ1) is 14.5. The number of hydrogen-bond donors (Lipinski definition) is 1. The highest BCUT2D eigenvalue weighted by Gasteiger charge is 2.13. The van der Waals surface area contributed by atoms with E-state index in [4.69, 9.17) is 11.6 Å². The van der Waals surface area contributed by atoms with Crippen molar-refractivity contribution in [3.8, 4) is 0 Å². The largest absolute Gasteiger partial charge is 0.321 e. The maximum atomic E-state index is 12.3. The van der Waals surface area contributed by atoms with Crippen molar-refractivity contribution in [2.24, 2.45) is 0 Å². The molecule has 0 spiro atoms. The summed E-state index contributed by atoms with van der Waals surface area (Å²) in [7, 11) is 0. The molecular formula is C16H17ClN2O. The van der Waals surface area contributed by atoms with Crippen LogP contribution in [0.15, 0.2) is 36.5 Å². The number of nitrogens with one attached hydrogen (secondary N) is 1. The van der Waals surface area contributed by atoms with Crippen molar-refractivity contribution in [3.63, 3.8) is 0 Å². The van der Waals surface area contributed by atoms with Crippen molar-refractivity contribution in [2.75, 3.05) is 5.32 Å². The zero-order valence-electron chi connectivity index (χ0n) is 11.8. The van der Waals surface area contributed by atoms with Crippen molar-refractivity contribution in [1.29, 1.82) is 0 Å². The molecule has 0 unspecified atom stereocenters. The molecule has 20 heavy (non-hydrogen) atoms. The molecule has 0 aliphatic rings. The van der Waals surface area contributed by atoms with Gasteiger partial charge in [-0.05, 0) is 36.1 Å². The molecule has 0 atom stereocenters. The van der Waals surface area contributed by atoms with Crippen LogP contribution in [0.4, 0.5) is 5.69 Å². The van der Waals surface area contributed by atoms with Crippen LogP contribution in [-0.4, -0.2) is 10.9 Å². The Morgan fingerprint density at radius 1 is 1.25 bits per heavy atom. The van der Waals surface area contributed by atoms with E-state index in [9.17, 15) is 4.79 Å². The standard InChI is InChI=1S/C16H17ClN2O/c1-10(2)13-6-4-5-11(3)15(13)19-16(20)12-7-8-14(17)18-9-12/h4-10H,1-3H3,(H,19,20). The molecule has 1 heterocycles. The summed E-state index contributed by atoms with van der Waals surface area (Å²) in [6, 6.07) is 9.30. The minimum Gasteiger partial charge on any atom is -0.321 e. The van der Waals surface area contributed by atoms with Crippen LogP contribution in [0, 0.1) is 6.92 Å². The quantitative estimate of drug-likeness (QED) is 0.850. The number of nitrogens with zero attached hydrogens (tertiary/aromatic N) is 1. The molecular weight excluding hydrogens is 272 g/mol. The zero-order valence-corrected chi connectivity index (χ0v) is 12.5. The first-order chi connectivity index (χ1) is 9.49. The molecule has 0 saturated heterocycles. The van der Waals surface area contributed by atoms with E-state index in [1.807, 2.05) is 25.1 Å². The fourth-order valence-corrected chi connectivity index (χ4v) is 2.15. The fourth-order valence-electron chi connectivity index (χ4n) is 2.04. The molecule has 0 aliphatic heterocycles. The lowest BCUT2D eigenvalue weighted by molar-refractivity contribution is 0.102. The van der Waals surface area contributed by atoms with Gasteiger partial charge in [-0.1, -0.05) is 43.6 Å². The van der Waals surface area contributed by atoms with Gasteiger partial charge in [0.25, 0.3) is 5.91 Å². The molecule has 4 heteroatoms. The Balaban J connectivity index is 2.30. The number of aromatic nitrogens is 1. The number of halogens is 1. The van der Waals surface area contributed by atoms with E-state index in [2.05, 4.69) is 24.1 Å². The van der Waals surface area contributed by atoms with Gasteiger partial charge in [-0.25, -0.2) is 4.98 Å². The Morgan fingerprint density at radius 2 is 2.00 bits per heavy atom. The van der Waals surface area contributed by atoms with Crippen LogP contribution in [0.5, 0.6) is 0 Å². The number of amides is 1. The summed E-state index contributed by atoms with van der Waals surface area (Å²) in [5.41, 5.74) is 3.54. The number of hydrogen-bond acceptors (Lipinski definition) is 2. The van der Waals surface area contributed by atoms with Crippen molar-refractivity contribution in [3.05, 3.63) is 58.4 Å². The highest BCUT2D eigenvalue weighted by Crippen LogP contribution is 2.27. The number of aryl methyl sites for hydroxylation is 1. The molecule has 1 amide bonds. The second kappa shape index (κ2) is 6.06. The maximum absolute atomic E-state index is 12.3. The molecule has 3 nitrogen and oxygen atoms in total. The Hall–Kier alpha value is -1.87. The number of benzene rings is 1. The van der Waals surface area contributed by atoms with E-state index >= 15 is 0 Å². The molecule has 1 aromatic heterocycles. The van der Waals surface area contributed by atoms with Crippen molar-refractivity contribution in [1.82, 2.24) is 4.98 Å². The number of anilines is 1. The fraction of sp³-hybridized carbons (Fsp3) is 0.250. The number of carbonyl (C=O) groups excluding carboxylic acids is 1. The van der Waals surface area contributed by atoms with E-state index in [0.717, 1.165) is 16.8 Å². The number of para-hydroxylation sites is 1. The summed E-state index contributed by atoms with van der Waals surface area (Å²) in [5, 5.41) is 3.35. The lowest BCUT2D eigenvalue weighted by Gasteiger charge is -2.16. The van der Waals surface area contributed by atoms with Crippen LogP contribution >= 0.6 is 11.6 Å². The SMILES string of the molecule is Cc1cccc(C(C)C)c1NC(=O)c1ccc(Cl)nc1. The first-order valence-corrected chi connectivity index (χ1v) is 6.89. The van der Waals surface area contributed by atoms with Gasteiger partial charge >= 0.3 is 0 Å². The molecule has 1 aromatic carbocycles. The topological polar surface area (TPSA) is 42.0 Å². The van der Waals surface area contributed by atoms with E-state index in [0.29, 0.717) is 16.6 Å². The van der Waals surface area contributed by atoms with Crippen LogP contribution in [0.1, 0.15) is 41.3 Å². The van der Waals surface area contributed by atoms with Gasteiger partial charge in [0, 0.05) is 11.9 Å². The van der Waals surface area contributed by atoms with Crippen LogP contribution < -0.4 is 5.32 Å². The Kier molecular flexibility index (Phi) is 4.40. The van der Waals surface area contributed by atoms with Crippen LogP contribution in [-0.2, 0) is 0 Å². The molecule has 1 N–H and O–H groups in total. The van der Waals surface area contributed by atoms with Crippen LogP contribution in [0.2, 0.25) is 5.15 Å². The molecule has 0 radical (unpaired) electrons. The van der Waals surface area contributed by atoms with Gasteiger partial charge in [0.05, 0.1) is 5.56 Å². The monoisotopic (exact) mass is 288 g/mol. The van der Waals surface area contributed by atoms with Gasteiger partial charge in [-0.3, -0.25) is 4.79 Å². The number of carbonyl (C=O) groups is 1.